The second kappa shape index (κ2) is 3.86. The van der Waals surface area contributed by atoms with Gasteiger partial charge in [-0.2, -0.15) is 0 Å². The summed E-state index contributed by atoms with van der Waals surface area (Å²) in [5, 5.41) is 0. The van der Waals surface area contributed by atoms with Crippen LogP contribution in [0.15, 0.2) is 22.9 Å². The summed E-state index contributed by atoms with van der Waals surface area (Å²) in [6.45, 7) is 4.30. The van der Waals surface area contributed by atoms with Crippen LogP contribution in [0.25, 0.3) is 0 Å². The number of halogens is 1. The van der Waals surface area contributed by atoms with E-state index in [0.29, 0.717) is 0 Å². The molecule has 0 fully saturated rings. The first-order chi connectivity index (χ1) is 5.24. The van der Waals surface area contributed by atoms with E-state index < -0.39 is 0 Å². The molecule has 2 heteroatoms. The van der Waals surface area contributed by atoms with E-state index >= 15 is 0 Å². The first-order valence-corrected chi connectivity index (χ1v) is 4.47. The molecular formula is C9H11BrN. The van der Waals surface area contributed by atoms with Crippen LogP contribution in [0.1, 0.15) is 25.8 Å². The average molecular weight is 213 g/mol. The quantitative estimate of drug-likeness (QED) is 0.687. The molecule has 0 atom stereocenters. The second-order valence-electron chi connectivity index (χ2n) is 2.50. The summed E-state index contributed by atoms with van der Waals surface area (Å²) < 4.78 is 0.905. The lowest BCUT2D eigenvalue weighted by molar-refractivity contribution is 0.952. The Labute approximate surface area is 76.0 Å². The first-order valence-electron chi connectivity index (χ1n) is 3.68. The Hall–Kier alpha value is -0.370. The molecule has 0 aliphatic carbocycles. The van der Waals surface area contributed by atoms with Crippen LogP contribution in [0.4, 0.5) is 0 Å². The summed E-state index contributed by atoms with van der Waals surface area (Å²) in [6.07, 6.45) is 2.91. The van der Waals surface area contributed by atoms with Crippen molar-refractivity contribution in [2.24, 2.45) is 0 Å². The van der Waals surface area contributed by atoms with E-state index in [1.807, 2.05) is 18.3 Å². The number of rotatable bonds is 2. The molecular weight excluding hydrogens is 202 g/mol. The highest BCUT2D eigenvalue weighted by molar-refractivity contribution is 9.10. The molecule has 0 unspecified atom stereocenters. The van der Waals surface area contributed by atoms with Gasteiger partial charge in [0.1, 0.15) is 4.60 Å². The van der Waals surface area contributed by atoms with E-state index in [4.69, 9.17) is 0 Å². The Balaban J connectivity index is 2.86. The minimum atomic E-state index is 0.905. The third kappa shape index (κ3) is 2.29. The van der Waals surface area contributed by atoms with Gasteiger partial charge in [-0.25, -0.2) is 4.98 Å². The van der Waals surface area contributed by atoms with Gasteiger partial charge in [0.25, 0.3) is 0 Å². The molecule has 1 heterocycles. The zero-order valence-corrected chi connectivity index (χ0v) is 8.35. The first kappa shape index (κ1) is 8.72. The highest BCUT2D eigenvalue weighted by atomic mass is 79.9. The van der Waals surface area contributed by atoms with E-state index in [2.05, 4.69) is 34.8 Å². The van der Waals surface area contributed by atoms with Gasteiger partial charge in [-0.05, 0) is 40.0 Å². The fourth-order valence-electron chi connectivity index (χ4n) is 0.872. The summed E-state index contributed by atoms with van der Waals surface area (Å²) >= 11 is 3.34. The Morgan fingerprint density at radius 3 is 2.91 bits per heavy atom. The Kier molecular flexibility index (Phi) is 3.06. The lowest BCUT2D eigenvalue weighted by atomic mass is 10.0. The molecule has 0 N–H and O–H groups in total. The molecule has 0 spiro atoms. The van der Waals surface area contributed by atoms with Crippen molar-refractivity contribution in [3.63, 3.8) is 0 Å². The maximum Gasteiger partial charge on any atom is 0.106 e. The lowest BCUT2D eigenvalue weighted by Crippen LogP contribution is -1.92. The van der Waals surface area contributed by atoms with E-state index in [9.17, 15) is 0 Å². The average Bonchev–Trinajstić information content (AvgIpc) is 2.03. The molecule has 1 aromatic rings. The largest absolute Gasteiger partial charge is 0.249 e. The molecule has 0 aliphatic heterocycles. The van der Waals surface area contributed by atoms with Gasteiger partial charge in [-0.15, -0.1) is 0 Å². The minimum Gasteiger partial charge on any atom is -0.249 e. The Morgan fingerprint density at radius 1 is 1.64 bits per heavy atom. The molecule has 1 nitrogen and oxygen atoms in total. The third-order valence-electron chi connectivity index (χ3n) is 1.75. The van der Waals surface area contributed by atoms with Gasteiger partial charge >= 0.3 is 0 Å². The highest BCUT2D eigenvalue weighted by Crippen LogP contribution is 2.19. The van der Waals surface area contributed by atoms with Crippen molar-refractivity contribution in [3.05, 3.63) is 34.4 Å². The smallest absolute Gasteiger partial charge is 0.106 e. The molecule has 59 valence electrons. The van der Waals surface area contributed by atoms with Crippen molar-refractivity contribution < 1.29 is 0 Å². The summed E-state index contributed by atoms with van der Waals surface area (Å²) in [5.74, 6) is 1.40. The van der Waals surface area contributed by atoms with Gasteiger partial charge in [0.05, 0.1) is 0 Å². The Bertz CT molecular complexity index is 235. The zero-order valence-electron chi connectivity index (χ0n) is 6.76. The molecule has 0 bridgehead atoms. The van der Waals surface area contributed by atoms with Gasteiger partial charge in [-0.3, -0.25) is 0 Å². The Morgan fingerprint density at radius 2 is 2.36 bits per heavy atom. The van der Waals surface area contributed by atoms with Crippen molar-refractivity contribution in [3.8, 4) is 0 Å². The van der Waals surface area contributed by atoms with E-state index in [-0.39, 0.29) is 0 Å². The van der Waals surface area contributed by atoms with Crippen LogP contribution < -0.4 is 0 Å². The monoisotopic (exact) mass is 212 g/mol. The molecule has 1 aromatic heterocycles. The number of nitrogens with zero attached hydrogens (tertiary/aromatic N) is 1. The SMILES string of the molecule is CC[C](C)c1ccnc(Br)c1. The van der Waals surface area contributed by atoms with Crippen molar-refractivity contribution in [2.45, 2.75) is 20.3 Å². The van der Waals surface area contributed by atoms with Gasteiger partial charge in [0, 0.05) is 12.1 Å². The van der Waals surface area contributed by atoms with Crippen LogP contribution in [0.5, 0.6) is 0 Å². The van der Waals surface area contributed by atoms with Crippen molar-refractivity contribution >= 4 is 15.9 Å². The normalized spacial score (nSPS) is 10.5. The number of pyridine rings is 1. The molecule has 0 amide bonds. The van der Waals surface area contributed by atoms with Crippen LogP contribution in [-0.2, 0) is 0 Å². The van der Waals surface area contributed by atoms with Crippen molar-refractivity contribution in [2.75, 3.05) is 0 Å². The number of hydrogen-bond donors (Lipinski definition) is 0. The van der Waals surface area contributed by atoms with Crippen molar-refractivity contribution in [1.82, 2.24) is 4.98 Å². The van der Waals surface area contributed by atoms with E-state index in [1.165, 1.54) is 11.5 Å². The van der Waals surface area contributed by atoms with Crippen LogP contribution in [0.3, 0.4) is 0 Å². The topological polar surface area (TPSA) is 12.9 Å². The molecule has 0 saturated carbocycles. The maximum absolute atomic E-state index is 4.06. The van der Waals surface area contributed by atoms with Crippen molar-refractivity contribution in [1.29, 1.82) is 0 Å². The molecule has 0 aliphatic rings. The fourth-order valence-corrected chi connectivity index (χ4v) is 1.24. The summed E-state index contributed by atoms with van der Waals surface area (Å²) in [4.78, 5) is 4.06. The maximum atomic E-state index is 4.06. The van der Waals surface area contributed by atoms with Crippen LogP contribution >= 0.6 is 15.9 Å². The number of hydrogen-bond acceptors (Lipinski definition) is 1. The molecule has 1 radical (unpaired) electrons. The predicted octanol–water partition coefficient (Wildman–Crippen LogP) is 3.20. The van der Waals surface area contributed by atoms with Crippen LogP contribution in [0, 0.1) is 5.92 Å². The molecule has 0 aromatic carbocycles. The van der Waals surface area contributed by atoms with E-state index in [1.54, 1.807) is 0 Å². The van der Waals surface area contributed by atoms with Crippen LogP contribution in [0.2, 0.25) is 0 Å². The van der Waals surface area contributed by atoms with Gasteiger partial charge in [0.15, 0.2) is 0 Å². The van der Waals surface area contributed by atoms with E-state index in [0.717, 1.165) is 11.0 Å². The third-order valence-corrected chi connectivity index (χ3v) is 2.18. The summed E-state index contributed by atoms with van der Waals surface area (Å²) in [5.41, 5.74) is 1.27. The lowest BCUT2D eigenvalue weighted by Gasteiger charge is -2.06. The van der Waals surface area contributed by atoms with Gasteiger partial charge in [-0.1, -0.05) is 13.8 Å². The van der Waals surface area contributed by atoms with Gasteiger partial charge in [0.2, 0.25) is 0 Å². The fraction of sp³-hybridized carbons (Fsp3) is 0.333. The van der Waals surface area contributed by atoms with Gasteiger partial charge < -0.3 is 0 Å². The molecule has 1 rings (SSSR count). The highest BCUT2D eigenvalue weighted by Gasteiger charge is 2.02. The predicted molar refractivity (Wildman–Crippen MR) is 50.2 cm³/mol. The standard InChI is InChI=1S/C9H11BrN/c1-3-7(2)8-4-5-11-9(10)6-8/h4-6H,3H2,1-2H3. The molecule has 11 heavy (non-hydrogen) atoms. The number of aromatic nitrogens is 1. The second-order valence-corrected chi connectivity index (χ2v) is 3.31. The summed E-state index contributed by atoms with van der Waals surface area (Å²) in [7, 11) is 0. The summed E-state index contributed by atoms with van der Waals surface area (Å²) in [6, 6.07) is 4.07. The van der Waals surface area contributed by atoms with Crippen LogP contribution in [-0.4, -0.2) is 4.98 Å². The zero-order chi connectivity index (χ0) is 8.27. The molecule has 0 saturated heterocycles. The minimum absolute atomic E-state index is 0.905.